The lowest BCUT2D eigenvalue weighted by molar-refractivity contribution is -0.160. The van der Waals surface area contributed by atoms with Crippen LogP contribution in [-0.2, 0) is 9.53 Å². The Labute approximate surface area is 260 Å². The molecule has 0 aliphatic heterocycles. The van der Waals surface area contributed by atoms with Crippen LogP contribution in [0.25, 0.3) is 54.1 Å². The van der Waals surface area contributed by atoms with Crippen LogP contribution in [0.5, 0.6) is 0 Å². The number of halogens is 3. The van der Waals surface area contributed by atoms with Crippen molar-refractivity contribution < 1.29 is 23.4 Å². The summed E-state index contributed by atoms with van der Waals surface area (Å²) in [6.07, 6.45) is 1.78. The van der Waals surface area contributed by atoms with Crippen molar-refractivity contribution in [2.75, 3.05) is 0 Å². The predicted octanol–water partition coefficient (Wildman–Crippen LogP) is 9.34. The summed E-state index contributed by atoms with van der Waals surface area (Å²) in [4.78, 5) is 22.1. The molecule has 11 heteroatoms. The number of carboxylic acids is 1. The summed E-state index contributed by atoms with van der Waals surface area (Å²) in [6.45, 7) is 4.62. The first-order chi connectivity index (χ1) is 20.9. The monoisotopic (exact) mass is 632 g/mol. The number of pyridine rings is 1. The van der Waals surface area contributed by atoms with Gasteiger partial charge in [0.05, 0.1) is 27.0 Å². The van der Waals surface area contributed by atoms with E-state index < -0.39 is 24.2 Å². The van der Waals surface area contributed by atoms with Gasteiger partial charge in [-0.15, -0.1) is 11.3 Å². The predicted molar refractivity (Wildman–Crippen MR) is 169 cm³/mol. The van der Waals surface area contributed by atoms with Gasteiger partial charge in [0.25, 0.3) is 0 Å². The molecule has 1 N–H and O–H groups in total. The van der Waals surface area contributed by atoms with Crippen molar-refractivity contribution >= 4 is 50.0 Å². The van der Waals surface area contributed by atoms with Gasteiger partial charge in [-0.2, -0.15) is 13.9 Å². The van der Waals surface area contributed by atoms with Gasteiger partial charge in [0.1, 0.15) is 5.01 Å². The molecule has 6 aromatic rings. The second kappa shape index (κ2) is 11.4. The zero-order valence-electron chi connectivity index (χ0n) is 24.2. The lowest BCUT2D eigenvalue weighted by Crippen LogP contribution is -2.28. The largest absolute Gasteiger partial charge is 0.479 e. The molecular weight excluding hydrogens is 606 g/mol. The Hall–Kier alpha value is -4.25. The topological polar surface area (TPSA) is 90.1 Å². The first-order valence-electron chi connectivity index (χ1n) is 13.7. The Morgan fingerprint density at radius 3 is 2.41 bits per heavy atom. The third kappa shape index (κ3) is 5.80. The second-order valence-corrected chi connectivity index (χ2v) is 12.8. The third-order valence-electron chi connectivity index (χ3n) is 7.04. The van der Waals surface area contributed by atoms with E-state index in [2.05, 4.69) is 10.1 Å². The van der Waals surface area contributed by atoms with Crippen LogP contribution < -0.4 is 0 Å². The van der Waals surface area contributed by atoms with Crippen molar-refractivity contribution in [2.24, 2.45) is 0 Å². The minimum absolute atomic E-state index is 0.465. The molecule has 0 amide bonds. The van der Waals surface area contributed by atoms with Crippen molar-refractivity contribution in [1.29, 1.82) is 0 Å². The molecule has 0 unspecified atom stereocenters. The summed E-state index contributed by atoms with van der Waals surface area (Å²) in [5, 5.41) is 16.1. The van der Waals surface area contributed by atoms with Gasteiger partial charge in [-0.05, 0) is 81.3 Å². The van der Waals surface area contributed by atoms with Gasteiger partial charge in [0.2, 0.25) is 0 Å². The number of aryl methyl sites for hydroxylation is 1. The molecule has 0 radical (unpaired) electrons. The highest BCUT2D eigenvalue weighted by Gasteiger charge is 2.32. The smallest absolute Gasteiger partial charge is 0.337 e. The highest BCUT2D eigenvalue weighted by molar-refractivity contribution is 7.22. The Morgan fingerprint density at radius 1 is 1.00 bits per heavy atom. The molecule has 7 nitrogen and oxygen atoms in total. The van der Waals surface area contributed by atoms with E-state index in [4.69, 9.17) is 21.3 Å². The summed E-state index contributed by atoms with van der Waals surface area (Å²) in [5.41, 5.74) is 5.50. The first-order valence-corrected chi connectivity index (χ1v) is 14.9. The van der Waals surface area contributed by atoms with Crippen LogP contribution in [0.1, 0.15) is 44.6 Å². The Bertz CT molecular complexity index is 2030. The fourth-order valence-corrected chi connectivity index (χ4v) is 6.43. The number of alkyl halides is 2. The van der Waals surface area contributed by atoms with Crippen LogP contribution in [0, 0.1) is 6.92 Å². The highest BCUT2D eigenvalue weighted by atomic mass is 35.5. The van der Waals surface area contributed by atoms with Crippen molar-refractivity contribution in [1.82, 2.24) is 19.7 Å². The highest BCUT2D eigenvalue weighted by Crippen LogP contribution is 2.44. The summed E-state index contributed by atoms with van der Waals surface area (Å²) in [6, 6.07) is 18.2. The van der Waals surface area contributed by atoms with Crippen molar-refractivity contribution in [3.05, 3.63) is 89.2 Å². The summed E-state index contributed by atoms with van der Waals surface area (Å²) in [7, 11) is 0. The zero-order valence-corrected chi connectivity index (χ0v) is 25.8. The summed E-state index contributed by atoms with van der Waals surface area (Å²) >= 11 is 7.65. The molecule has 1 atom stereocenters. The molecule has 224 valence electrons. The fraction of sp³-hybridized carbons (Fsp3) is 0.212. The summed E-state index contributed by atoms with van der Waals surface area (Å²) in [5.74, 6) is -1.09. The normalized spacial score (nSPS) is 12.8. The van der Waals surface area contributed by atoms with Gasteiger partial charge in [0.15, 0.2) is 6.10 Å². The van der Waals surface area contributed by atoms with E-state index in [-0.39, 0.29) is 0 Å². The number of rotatable bonds is 7. The molecule has 3 heterocycles. The molecule has 0 aliphatic carbocycles. The number of carboxylic acid groups (broad SMARTS) is 1. The van der Waals surface area contributed by atoms with E-state index in [1.54, 1.807) is 36.5 Å². The maximum absolute atomic E-state index is 13.2. The van der Waals surface area contributed by atoms with Crippen molar-refractivity contribution in [2.45, 2.75) is 45.9 Å². The van der Waals surface area contributed by atoms with Crippen LogP contribution in [-0.4, -0.2) is 36.4 Å². The molecule has 0 bridgehead atoms. The van der Waals surface area contributed by atoms with Crippen molar-refractivity contribution in [3.63, 3.8) is 0 Å². The molecule has 3 aromatic carbocycles. The zero-order chi connectivity index (χ0) is 31.3. The summed E-state index contributed by atoms with van der Waals surface area (Å²) < 4.78 is 33.9. The Kier molecular flexibility index (Phi) is 7.69. The number of hydrogen-bond acceptors (Lipinski definition) is 6. The van der Waals surface area contributed by atoms with Gasteiger partial charge in [-0.25, -0.2) is 14.5 Å². The number of aromatic nitrogens is 4. The van der Waals surface area contributed by atoms with Crippen LogP contribution in [0.4, 0.5) is 8.78 Å². The number of aliphatic carboxylic acids is 1. The lowest BCUT2D eigenvalue weighted by atomic mass is 9.91. The minimum Gasteiger partial charge on any atom is -0.479 e. The van der Waals surface area contributed by atoms with Crippen LogP contribution >= 0.6 is 22.9 Å². The van der Waals surface area contributed by atoms with Crippen molar-refractivity contribution in [3.8, 4) is 33.0 Å². The minimum atomic E-state index is -2.72. The standard InChI is InChI=1S/C33H27ClF2N4O3S/c1-17-13-25-29(27(18-5-8-22(34)9-6-18)26(17)28(31(41)42)43-33(2,3)4)44-30(38-25)20-11-12-37-24(15-20)19-7-10-23-21(14-19)16-40(39-23)32(35)36/h5-16,28,32H,1-4H3,(H,41,42)/t28-/m0/s1. The number of ether oxygens (including phenoxy) is 1. The van der Waals surface area contributed by atoms with E-state index in [0.29, 0.717) is 36.9 Å². The molecule has 6 rings (SSSR count). The first kappa shape index (κ1) is 29.8. The average molecular weight is 633 g/mol. The number of nitrogens with zero attached hydrogens (tertiary/aromatic N) is 4. The van der Waals surface area contributed by atoms with Crippen LogP contribution in [0.15, 0.2) is 73.1 Å². The van der Waals surface area contributed by atoms with Crippen LogP contribution in [0.3, 0.4) is 0 Å². The third-order valence-corrected chi connectivity index (χ3v) is 8.43. The Morgan fingerprint density at radius 2 is 1.73 bits per heavy atom. The number of carbonyl (C=O) groups is 1. The van der Waals surface area contributed by atoms with E-state index in [0.717, 1.165) is 38.0 Å². The maximum atomic E-state index is 13.2. The van der Waals surface area contributed by atoms with E-state index in [1.165, 1.54) is 17.5 Å². The van der Waals surface area contributed by atoms with E-state index >= 15 is 0 Å². The van der Waals surface area contributed by atoms with Gasteiger partial charge >= 0.3 is 12.5 Å². The second-order valence-electron chi connectivity index (χ2n) is 11.4. The average Bonchev–Trinajstić information content (AvgIpc) is 3.60. The van der Waals surface area contributed by atoms with Crippen LogP contribution in [0.2, 0.25) is 5.02 Å². The molecule has 0 fully saturated rings. The van der Waals surface area contributed by atoms with E-state index in [1.807, 2.05) is 58.0 Å². The SMILES string of the molecule is Cc1cc2nc(-c3ccnc(-c4ccc5nn(C(F)F)cc5c4)c3)sc2c(-c2ccc(Cl)cc2)c1[C@H](OC(C)(C)C)C(=O)O. The molecule has 3 aromatic heterocycles. The van der Waals surface area contributed by atoms with Gasteiger partial charge < -0.3 is 9.84 Å². The Balaban J connectivity index is 1.50. The number of hydrogen-bond donors (Lipinski definition) is 1. The lowest BCUT2D eigenvalue weighted by Gasteiger charge is -2.28. The maximum Gasteiger partial charge on any atom is 0.337 e. The van der Waals surface area contributed by atoms with Gasteiger partial charge in [-0.3, -0.25) is 4.98 Å². The molecular formula is C33H27ClF2N4O3S. The van der Waals surface area contributed by atoms with Gasteiger partial charge in [0, 0.05) is 45.1 Å². The van der Waals surface area contributed by atoms with E-state index in [9.17, 15) is 18.7 Å². The van der Waals surface area contributed by atoms with Gasteiger partial charge in [-0.1, -0.05) is 29.8 Å². The molecule has 0 saturated carbocycles. The molecule has 0 spiro atoms. The molecule has 0 aliphatic rings. The number of benzene rings is 3. The number of thiazole rings is 1. The molecule has 0 saturated heterocycles. The quantitative estimate of drug-likeness (QED) is 0.189. The fourth-order valence-electron chi connectivity index (χ4n) is 5.19. The molecule has 44 heavy (non-hydrogen) atoms. The number of fused-ring (bicyclic) bond motifs is 2.